The standard InChI is InChI=1S/C9H21NOSi/c1-9(2,3)12(5,6)11-8-7-10-4/h7H,8H2,1-6H3/b10-7-. The summed E-state index contributed by atoms with van der Waals surface area (Å²) in [7, 11) is 0.239. The summed E-state index contributed by atoms with van der Waals surface area (Å²) in [6, 6.07) is 0. The van der Waals surface area contributed by atoms with E-state index in [-0.39, 0.29) is 0 Å². The van der Waals surface area contributed by atoms with Crippen LogP contribution in [-0.2, 0) is 4.43 Å². The van der Waals surface area contributed by atoms with Gasteiger partial charge in [-0.25, -0.2) is 0 Å². The molecule has 0 fully saturated rings. The van der Waals surface area contributed by atoms with Crippen molar-refractivity contribution in [1.82, 2.24) is 0 Å². The van der Waals surface area contributed by atoms with E-state index in [4.69, 9.17) is 4.43 Å². The van der Waals surface area contributed by atoms with E-state index in [0.717, 1.165) is 0 Å². The highest BCUT2D eigenvalue weighted by molar-refractivity contribution is 6.74. The van der Waals surface area contributed by atoms with Crippen molar-refractivity contribution in [2.24, 2.45) is 4.99 Å². The molecule has 2 nitrogen and oxygen atoms in total. The molecule has 0 aromatic carbocycles. The van der Waals surface area contributed by atoms with Crippen molar-refractivity contribution in [1.29, 1.82) is 0 Å². The third kappa shape index (κ3) is 3.50. The average Bonchev–Trinajstić information content (AvgIpc) is 1.85. The van der Waals surface area contributed by atoms with Gasteiger partial charge < -0.3 is 4.43 Å². The average molecular weight is 187 g/mol. The van der Waals surface area contributed by atoms with Gasteiger partial charge in [0.1, 0.15) is 0 Å². The monoisotopic (exact) mass is 187 g/mol. The Balaban J connectivity index is 4.05. The predicted molar refractivity (Wildman–Crippen MR) is 57.6 cm³/mol. The van der Waals surface area contributed by atoms with Crippen LogP contribution in [0.3, 0.4) is 0 Å². The van der Waals surface area contributed by atoms with Crippen LogP contribution >= 0.6 is 0 Å². The number of hydrogen-bond acceptors (Lipinski definition) is 2. The number of hydrogen-bond donors (Lipinski definition) is 0. The quantitative estimate of drug-likeness (QED) is 0.492. The first-order chi connectivity index (χ1) is 5.31. The Morgan fingerprint density at radius 3 is 2.17 bits per heavy atom. The van der Waals surface area contributed by atoms with Gasteiger partial charge in [0.05, 0.1) is 6.61 Å². The highest BCUT2D eigenvalue weighted by atomic mass is 28.4. The second-order valence-electron chi connectivity index (χ2n) is 4.51. The van der Waals surface area contributed by atoms with Crippen LogP contribution in [0.25, 0.3) is 0 Å². The number of rotatable bonds is 3. The van der Waals surface area contributed by atoms with E-state index in [1.165, 1.54) is 0 Å². The van der Waals surface area contributed by atoms with Crippen molar-refractivity contribution in [3.63, 3.8) is 0 Å². The van der Waals surface area contributed by atoms with E-state index < -0.39 is 8.32 Å². The minimum Gasteiger partial charge on any atom is -0.412 e. The fourth-order valence-electron chi connectivity index (χ4n) is 0.537. The van der Waals surface area contributed by atoms with Crippen LogP contribution in [0.1, 0.15) is 20.8 Å². The zero-order valence-corrected chi connectivity index (χ0v) is 10.1. The first-order valence-corrected chi connectivity index (χ1v) is 7.26. The molecule has 0 saturated heterocycles. The van der Waals surface area contributed by atoms with Crippen LogP contribution in [0, 0.1) is 0 Å². The molecule has 0 rings (SSSR count). The predicted octanol–water partition coefficient (Wildman–Crippen LogP) is 2.71. The van der Waals surface area contributed by atoms with Crippen molar-refractivity contribution >= 4 is 14.5 Å². The molecule has 0 heterocycles. The van der Waals surface area contributed by atoms with Crippen LogP contribution in [0.5, 0.6) is 0 Å². The van der Waals surface area contributed by atoms with Gasteiger partial charge in [-0.05, 0) is 18.1 Å². The topological polar surface area (TPSA) is 21.6 Å². The molecular weight excluding hydrogens is 166 g/mol. The van der Waals surface area contributed by atoms with Crippen molar-refractivity contribution in [3.8, 4) is 0 Å². The number of nitrogens with zero attached hydrogens (tertiary/aromatic N) is 1. The van der Waals surface area contributed by atoms with Crippen molar-refractivity contribution in [3.05, 3.63) is 0 Å². The highest BCUT2D eigenvalue weighted by Crippen LogP contribution is 2.36. The summed E-state index contributed by atoms with van der Waals surface area (Å²) in [4.78, 5) is 3.89. The summed E-state index contributed by atoms with van der Waals surface area (Å²) in [5.41, 5.74) is 0. The van der Waals surface area contributed by atoms with Gasteiger partial charge in [0.15, 0.2) is 8.32 Å². The molecule has 0 aliphatic rings. The summed E-state index contributed by atoms with van der Waals surface area (Å²) in [6.45, 7) is 11.9. The molecule has 0 radical (unpaired) electrons. The summed E-state index contributed by atoms with van der Waals surface area (Å²) in [5, 5.41) is 0.300. The molecule has 0 bridgehead atoms. The van der Waals surface area contributed by atoms with Gasteiger partial charge in [0, 0.05) is 13.3 Å². The molecule has 12 heavy (non-hydrogen) atoms. The van der Waals surface area contributed by atoms with Gasteiger partial charge in [0.25, 0.3) is 0 Å². The van der Waals surface area contributed by atoms with E-state index in [1.807, 2.05) is 6.21 Å². The molecule has 72 valence electrons. The Labute approximate surface area is 77.2 Å². The zero-order chi connectivity index (χ0) is 9.83. The van der Waals surface area contributed by atoms with Crippen molar-refractivity contribution in [2.45, 2.75) is 38.9 Å². The smallest absolute Gasteiger partial charge is 0.192 e. The molecule has 0 spiro atoms. The summed E-state index contributed by atoms with van der Waals surface area (Å²) in [6.07, 6.45) is 1.82. The van der Waals surface area contributed by atoms with Gasteiger partial charge in [-0.3, -0.25) is 4.99 Å². The molecule has 0 aliphatic carbocycles. The summed E-state index contributed by atoms with van der Waals surface area (Å²) >= 11 is 0. The van der Waals surface area contributed by atoms with Crippen molar-refractivity contribution in [2.75, 3.05) is 13.7 Å². The lowest BCUT2D eigenvalue weighted by molar-refractivity contribution is 0.343. The molecule has 0 aliphatic heterocycles. The van der Waals surface area contributed by atoms with E-state index >= 15 is 0 Å². The van der Waals surface area contributed by atoms with Crippen LogP contribution in [0.15, 0.2) is 4.99 Å². The number of aliphatic imine (C=N–C) groups is 1. The third-order valence-corrected chi connectivity index (χ3v) is 7.01. The highest BCUT2D eigenvalue weighted by Gasteiger charge is 2.36. The van der Waals surface area contributed by atoms with Gasteiger partial charge in [-0.2, -0.15) is 0 Å². The SMILES string of the molecule is C/N=C\CO[Si](C)(C)C(C)(C)C. The van der Waals surface area contributed by atoms with Gasteiger partial charge in [-0.1, -0.05) is 20.8 Å². The van der Waals surface area contributed by atoms with Crippen LogP contribution in [0.2, 0.25) is 18.1 Å². The molecule has 0 N–H and O–H groups in total. The normalized spacial score (nSPS) is 14.2. The molecule has 3 heteroatoms. The molecule has 0 aromatic rings. The first-order valence-electron chi connectivity index (χ1n) is 4.36. The first kappa shape index (κ1) is 11.8. The second-order valence-corrected chi connectivity index (χ2v) is 9.32. The summed E-state index contributed by atoms with van der Waals surface area (Å²) < 4.78 is 5.82. The van der Waals surface area contributed by atoms with Gasteiger partial charge in [0.2, 0.25) is 0 Å². The second kappa shape index (κ2) is 4.19. The Kier molecular flexibility index (Phi) is 4.13. The fraction of sp³-hybridized carbons (Fsp3) is 0.889. The van der Waals surface area contributed by atoms with Gasteiger partial charge >= 0.3 is 0 Å². The van der Waals surface area contributed by atoms with Crippen molar-refractivity contribution < 1.29 is 4.43 Å². The van der Waals surface area contributed by atoms with Gasteiger partial charge in [-0.15, -0.1) is 0 Å². The molecule has 0 unspecified atom stereocenters. The minimum absolute atomic E-state index is 0.300. The molecule has 0 saturated carbocycles. The fourth-order valence-corrected chi connectivity index (χ4v) is 1.46. The molecular formula is C9H21NOSi. The third-order valence-electron chi connectivity index (χ3n) is 2.51. The van der Waals surface area contributed by atoms with Crippen LogP contribution in [0.4, 0.5) is 0 Å². The largest absolute Gasteiger partial charge is 0.412 e. The molecule has 0 aromatic heterocycles. The lowest BCUT2D eigenvalue weighted by Gasteiger charge is -2.35. The Hall–Kier alpha value is -0.153. The lowest BCUT2D eigenvalue weighted by atomic mass is 10.2. The van der Waals surface area contributed by atoms with Crippen LogP contribution in [-0.4, -0.2) is 28.2 Å². The maximum atomic E-state index is 5.82. The van der Waals surface area contributed by atoms with E-state index in [1.54, 1.807) is 7.05 Å². The zero-order valence-electron chi connectivity index (χ0n) is 9.14. The van der Waals surface area contributed by atoms with E-state index in [0.29, 0.717) is 11.6 Å². The van der Waals surface area contributed by atoms with E-state index in [9.17, 15) is 0 Å². The maximum Gasteiger partial charge on any atom is 0.192 e. The Bertz CT molecular complexity index is 158. The van der Waals surface area contributed by atoms with E-state index in [2.05, 4.69) is 38.9 Å². The Morgan fingerprint density at radius 1 is 1.33 bits per heavy atom. The minimum atomic E-state index is -1.53. The molecule has 0 atom stereocenters. The maximum absolute atomic E-state index is 5.82. The van der Waals surface area contributed by atoms with Crippen LogP contribution < -0.4 is 0 Å². The molecule has 0 amide bonds. The summed E-state index contributed by atoms with van der Waals surface area (Å²) in [5.74, 6) is 0. The Morgan fingerprint density at radius 2 is 1.83 bits per heavy atom. The lowest BCUT2D eigenvalue weighted by Crippen LogP contribution is -2.41.